The van der Waals surface area contributed by atoms with Gasteiger partial charge in [-0.2, -0.15) is 0 Å². The van der Waals surface area contributed by atoms with E-state index in [0.29, 0.717) is 26.1 Å². The average Bonchev–Trinajstić information content (AvgIpc) is 3.41. The molecule has 5 nitrogen and oxygen atoms in total. The van der Waals surface area contributed by atoms with Gasteiger partial charge in [0.15, 0.2) is 0 Å². The molecule has 3 rings (SSSR count). The second-order valence-corrected chi connectivity index (χ2v) is 12.0. The highest BCUT2D eigenvalue weighted by atomic mass is 16.2. The third kappa shape index (κ3) is 11.7. The largest absolute Gasteiger partial charge is 0.361 e. The topological polar surface area (TPSA) is 56.4 Å². The predicted molar refractivity (Wildman–Crippen MR) is 177 cm³/mol. The molecular weight excluding hydrogens is 518 g/mol. The van der Waals surface area contributed by atoms with Crippen LogP contribution in [-0.4, -0.2) is 46.2 Å². The van der Waals surface area contributed by atoms with Crippen molar-refractivity contribution in [3.63, 3.8) is 0 Å². The van der Waals surface area contributed by atoms with Crippen LogP contribution in [0.2, 0.25) is 0 Å². The van der Waals surface area contributed by atoms with Gasteiger partial charge in [0, 0.05) is 43.2 Å². The first-order chi connectivity index (χ1) is 20.5. The standard InChI is InChI=1S/C37H55N3O2/c1-4-6-7-8-9-10-11-12-13-14-15-20-36(41)39(26-5-2)30-37(42)40(29-32-23-21-31(3)22-24-32)27-25-33-28-38-35-19-17-16-18-34(33)35/h16-19,21-24,28,38H,4-15,20,25-27,29-30H2,1-3H3. The molecular formula is C37H55N3O2. The third-order valence-electron chi connectivity index (χ3n) is 8.34. The number of fused-ring (bicyclic) bond motifs is 1. The number of para-hydroxylation sites is 1. The van der Waals surface area contributed by atoms with Gasteiger partial charge in [-0.25, -0.2) is 0 Å². The number of carbonyl (C=O) groups excluding carboxylic acids is 2. The smallest absolute Gasteiger partial charge is 0.242 e. The van der Waals surface area contributed by atoms with Gasteiger partial charge >= 0.3 is 0 Å². The van der Waals surface area contributed by atoms with Crippen molar-refractivity contribution in [1.82, 2.24) is 14.8 Å². The molecule has 2 aromatic carbocycles. The van der Waals surface area contributed by atoms with Gasteiger partial charge in [0.2, 0.25) is 11.8 Å². The van der Waals surface area contributed by atoms with Crippen molar-refractivity contribution in [2.45, 2.75) is 117 Å². The Morgan fingerprint density at radius 1 is 0.690 bits per heavy atom. The molecule has 2 amide bonds. The Morgan fingerprint density at radius 3 is 2.00 bits per heavy atom. The van der Waals surface area contributed by atoms with E-state index in [9.17, 15) is 9.59 Å². The number of nitrogens with one attached hydrogen (secondary N) is 1. The number of aromatic amines is 1. The molecule has 0 bridgehead atoms. The molecule has 1 aromatic heterocycles. The lowest BCUT2D eigenvalue weighted by atomic mass is 10.1. The van der Waals surface area contributed by atoms with E-state index < -0.39 is 0 Å². The van der Waals surface area contributed by atoms with E-state index in [1.807, 2.05) is 11.0 Å². The van der Waals surface area contributed by atoms with Crippen LogP contribution in [0.4, 0.5) is 0 Å². The molecule has 0 atom stereocenters. The molecule has 0 radical (unpaired) electrons. The highest BCUT2D eigenvalue weighted by Crippen LogP contribution is 2.19. The molecule has 0 unspecified atom stereocenters. The zero-order chi connectivity index (χ0) is 30.0. The van der Waals surface area contributed by atoms with Crippen LogP contribution in [-0.2, 0) is 22.6 Å². The number of H-pyrrole nitrogens is 1. The van der Waals surface area contributed by atoms with Gasteiger partial charge < -0.3 is 14.8 Å². The summed E-state index contributed by atoms with van der Waals surface area (Å²) in [6.45, 7) is 8.37. The minimum absolute atomic E-state index is 0.0242. The van der Waals surface area contributed by atoms with Crippen LogP contribution >= 0.6 is 0 Å². The van der Waals surface area contributed by atoms with Crippen LogP contribution in [0.15, 0.2) is 54.7 Å². The normalized spacial score (nSPS) is 11.2. The molecule has 0 aliphatic rings. The van der Waals surface area contributed by atoms with E-state index in [1.54, 1.807) is 4.90 Å². The molecule has 230 valence electrons. The number of benzene rings is 2. The Balaban J connectivity index is 1.50. The third-order valence-corrected chi connectivity index (χ3v) is 8.34. The number of rotatable bonds is 21. The Morgan fingerprint density at radius 2 is 1.33 bits per heavy atom. The number of aryl methyl sites for hydroxylation is 1. The highest BCUT2D eigenvalue weighted by Gasteiger charge is 2.21. The molecule has 0 saturated carbocycles. The molecule has 1 N–H and O–H groups in total. The molecule has 5 heteroatoms. The number of nitrogens with zero attached hydrogens (tertiary/aromatic N) is 2. The number of unbranched alkanes of at least 4 members (excludes halogenated alkanes) is 10. The van der Waals surface area contributed by atoms with E-state index in [0.717, 1.165) is 36.8 Å². The first-order valence-corrected chi connectivity index (χ1v) is 16.7. The summed E-state index contributed by atoms with van der Waals surface area (Å²) >= 11 is 0. The van der Waals surface area contributed by atoms with E-state index in [2.05, 4.69) is 74.4 Å². The minimum atomic E-state index is 0.0242. The number of carbonyl (C=O) groups is 2. The molecule has 0 aliphatic carbocycles. The lowest BCUT2D eigenvalue weighted by Gasteiger charge is -2.28. The number of hydrogen-bond acceptors (Lipinski definition) is 2. The quantitative estimate of drug-likeness (QED) is 0.129. The van der Waals surface area contributed by atoms with Gasteiger partial charge in [-0.3, -0.25) is 9.59 Å². The van der Waals surface area contributed by atoms with Gasteiger partial charge in [-0.15, -0.1) is 0 Å². The van der Waals surface area contributed by atoms with Crippen molar-refractivity contribution < 1.29 is 9.59 Å². The Labute approximate surface area is 255 Å². The second-order valence-electron chi connectivity index (χ2n) is 12.0. The lowest BCUT2D eigenvalue weighted by Crippen LogP contribution is -2.43. The van der Waals surface area contributed by atoms with Gasteiger partial charge in [-0.1, -0.05) is 126 Å². The fourth-order valence-corrected chi connectivity index (χ4v) is 5.72. The summed E-state index contributed by atoms with van der Waals surface area (Å²) in [6.07, 6.45) is 18.1. The number of amides is 2. The minimum Gasteiger partial charge on any atom is -0.361 e. The van der Waals surface area contributed by atoms with Crippen molar-refractivity contribution in [3.8, 4) is 0 Å². The summed E-state index contributed by atoms with van der Waals surface area (Å²) < 4.78 is 0. The SMILES string of the molecule is CCCCCCCCCCCCCC(=O)N(CCC)CC(=O)N(CCc1c[nH]c2ccccc12)Cc1ccc(C)cc1. The maximum Gasteiger partial charge on any atom is 0.242 e. The van der Waals surface area contributed by atoms with Gasteiger partial charge in [0.1, 0.15) is 0 Å². The van der Waals surface area contributed by atoms with E-state index in [4.69, 9.17) is 0 Å². The van der Waals surface area contributed by atoms with Gasteiger partial charge in [0.25, 0.3) is 0 Å². The predicted octanol–water partition coefficient (Wildman–Crippen LogP) is 8.99. The molecule has 0 spiro atoms. The number of aromatic nitrogens is 1. The second kappa shape index (κ2) is 19.2. The zero-order valence-electron chi connectivity index (χ0n) is 26.6. The summed E-state index contributed by atoms with van der Waals surface area (Å²) in [5.41, 5.74) is 4.65. The van der Waals surface area contributed by atoms with Crippen LogP contribution in [0.3, 0.4) is 0 Å². The van der Waals surface area contributed by atoms with E-state index >= 15 is 0 Å². The molecule has 42 heavy (non-hydrogen) atoms. The van der Waals surface area contributed by atoms with Crippen LogP contribution in [0.1, 0.15) is 114 Å². The molecule has 3 aromatic rings. The zero-order valence-corrected chi connectivity index (χ0v) is 26.6. The number of hydrogen-bond donors (Lipinski definition) is 1. The van der Waals surface area contributed by atoms with Crippen LogP contribution < -0.4 is 0 Å². The summed E-state index contributed by atoms with van der Waals surface area (Å²) in [5.74, 6) is 0.143. The van der Waals surface area contributed by atoms with Crippen molar-refractivity contribution >= 4 is 22.7 Å². The van der Waals surface area contributed by atoms with Crippen LogP contribution in [0.5, 0.6) is 0 Å². The lowest BCUT2D eigenvalue weighted by molar-refractivity contribution is -0.141. The van der Waals surface area contributed by atoms with Gasteiger partial charge in [0.05, 0.1) is 6.54 Å². The first-order valence-electron chi connectivity index (χ1n) is 16.7. The Bertz CT molecular complexity index is 1180. The van der Waals surface area contributed by atoms with Crippen molar-refractivity contribution in [2.75, 3.05) is 19.6 Å². The molecule has 0 aliphatic heterocycles. The summed E-state index contributed by atoms with van der Waals surface area (Å²) in [4.78, 5) is 34.0. The molecule has 0 saturated heterocycles. The average molecular weight is 574 g/mol. The Hall–Kier alpha value is -3.08. The highest BCUT2D eigenvalue weighted by molar-refractivity contribution is 5.85. The fourth-order valence-electron chi connectivity index (χ4n) is 5.72. The fraction of sp³-hybridized carbons (Fsp3) is 0.568. The summed E-state index contributed by atoms with van der Waals surface area (Å²) in [5, 5.41) is 1.20. The van der Waals surface area contributed by atoms with Crippen molar-refractivity contribution in [1.29, 1.82) is 0 Å². The van der Waals surface area contributed by atoms with Crippen LogP contribution in [0.25, 0.3) is 10.9 Å². The van der Waals surface area contributed by atoms with Gasteiger partial charge in [-0.05, 0) is 43.4 Å². The summed E-state index contributed by atoms with van der Waals surface area (Å²) in [7, 11) is 0. The first kappa shape index (κ1) is 33.4. The Kier molecular flexibility index (Phi) is 15.3. The summed E-state index contributed by atoms with van der Waals surface area (Å²) in [6, 6.07) is 16.7. The van der Waals surface area contributed by atoms with E-state index in [1.165, 1.54) is 74.3 Å². The van der Waals surface area contributed by atoms with Crippen molar-refractivity contribution in [2.24, 2.45) is 0 Å². The van der Waals surface area contributed by atoms with Crippen LogP contribution in [0, 0.1) is 6.92 Å². The van der Waals surface area contributed by atoms with E-state index in [-0.39, 0.29) is 18.4 Å². The molecule has 1 heterocycles. The van der Waals surface area contributed by atoms with Crippen molar-refractivity contribution in [3.05, 3.63) is 71.4 Å². The molecule has 0 fully saturated rings. The monoisotopic (exact) mass is 573 g/mol. The maximum atomic E-state index is 13.7. The maximum absolute atomic E-state index is 13.7.